The van der Waals surface area contributed by atoms with Gasteiger partial charge < -0.3 is 9.47 Å². The number of esters is 2. The number of carbonyl (C=O) groups is 2. The Morgan fingerprint density at radius 3 is 2.37 bits per heavy atom. The summed E-state index contributed by atoms with van der Waals surface area (Å²) >= 11 is 0. The second-order valence-corrected chi connectivity index (χ2v) is 11.3. The first-order valence-corrected chi connectivity index (χ1v) is 13.8. The zero-order valence-corrected chi connectivity index (χ0v) is 22.5. The van der Waals surface area contributed by atoms with Gasteiger partial charge in [-0.05, 0) is 76.3 Å². The smallest absolute Gasteiger partial charge is 0.358 e. The number of hydrogen-bond donors (Lipinski definition) is 0. The van der Waals surface area contributed by atoms with Crippen molar-refractivity contribution in [3.63, 3.8) is 0 Å². The van der Waals surface area contributed by atoms with E-state index in [-0.39, 0.29) is 36.4 Å². The third-order valence-corrected chi connectivity index (χ3v) is 7.60. The van der Waals surface area contributed by atoms with E-state index in [1.54, 1.807) is 26.0 Å². The topological polar surface area (TPSA) is 108 Å². The minimum atomic E-state index is -4.06. The molecule has 1 aliphatic carbocycles. The fraction of sp³-hybridized carbons (Fsp3) is 0.654. The minimum Gasteiger partial charge on any atom is -0.465 e. The van der Waals surface area contributed by atoms with Gasteiger partial charge >= 0.3 is 22.1 Å². The van der Waals surface area contributed by atoms with Crippen LogP contribution in [0.4, 0.5) is 0 Å². The lowest BCUT2D eigenvalue weighted by Gasteiger charge is -2.37. The minimum absolute atomic E-state index is 0.00551. The Morgan fingerprint density at radius 2 is 1.77 bits per heavy atom. The lowest BCUT2D eigenvalue weighted by molar-refractivity contribution is -0.169. The molecule has 0 radical (unpaired) electrons. The number of aryl methyl sites for hydroxylation is 1. The predicted octanol–water partition coefficient (Wildman–Crippen LogP) is 5.04. The van der Waals surface area contributed by atoms with Crippen LogP contribution in [-0.2, 0) is 33.5 Å². The molecule has 35 heavy (non-hydrogen) atoms. The van der Waals surface area contributed by atoms with Crippen molar-refractivity contribution in [1.29, 1.82) is 0 Å². The van der Waals surface area contributed by atoms with Gasteiger partial charge in [0.15, 0.2) is 5.92 Å². The van der Waals surface area contributed by atoms with E-state index < -0.39 is 28.0 Å². The third-order valence-electron chi connectivity index (χ3n) is 6.48. The summed E-state index contributed by atoms with van der Waals surface area (Å²) < 4.78 is 40.5. The van der Waals surface area contributed by atoms with E-state index in [1.807, 2.05) is 6.92 Å². The zero-order chi connectivity index (χ0) is 26.2. The Labute approximate surface area is 209 Å². The average Bonchev–Trinajstić information content (AvgIpc) is 2.78. The van der Waals surface area contributed by atoms with Crippen LogP contribution in [0.5, 0.6) is 0 Å². The Kier molecular flexibility index (Phi) is 10.7. The normalized spacial score (nSPS) is 21.9. The molecule has 0 N–H and O–H groups in total. The number of carbonyl (C=O) groups excluding carboxylic acids is 2. The fourth-order valence-corrected chi connectivity index (χ4v) is 5.10. The van der Waals surface area contributed by atoms with Gasteiger partial charge in [0.1, 0.15) is 11.0 Å². The number of benzene rings is 1. The maximum Gasteiger partial charge on any atom is 0.358 e. The molecule has 9 heteroatoms. The van der Waals surface area contributed by atoms with Crippen LogP contribution < -0.4 is 0 Å². The number of nitrogens with zero attached hydrogens (tertiary/aromatic N) is 1. The average molecular weight is 510 g/mol. The van der Waals surface area contributed by atoms with E-state index in [2.05, 4.69) is 25.9 Å². The van der Waals surface area contributed by atoms with E-state index in [1.165, 1.54) is 12.1 Å². The molecule has 0 heterocycles. The molecule has 8 nitrogen and oxygen atoms in total. The first-order valence-electron chi connectivity index (χ1n) is 12.4. The Hall–Kier alpha value is -2.42. The highest BCUT2D eigenvalue weighted by atomic mass is 32.2. The zero-order valence-electron chi connectivity index (χ0n) is 21.7. The van der Waals surface area contributed by atoms with Gasteiger partial charge in [0.2, 0.25) is 0 Å². The van der Waals surface area contributed by atoms with Gasteiger partial charge in [-0.2, -0.15) is 8.42 Å². The van der Waals surface area contributed by atoms with Crippen LogP contribution >= 0.6 is 0 Å². The van der Waals surface area contributed by atoms with Crippen molar-refractivity contribution in [1.82, 2.24) is 0 Å². The van der Waals surface area contributed by atoms with Gasteiger partial charge in [-0.15, -0.1) is 0 Å². The standard InChI is InChI=1S/C26H39NO7S/c1-7-32-25(28)23(26(29)33-24-16-19(5)10-14-22(24)17(2)3)15-11-20(6)27-34-35(30,31)21-12-8-18(4)9-13-21/h8-9,12-13,17,19,22-24H,7,10-11,14-16H2,1-6H3/b27-20+/t19-,22+,23?,24-/m1/s1. The highest BCUT2D eigenvalue weighted by Crippen LogP contribution is 2.36. The summed E-state index contributed by atoms with van der Waals surface area (Å²) in [7, 11) is -4.06. The van der Waals surface area contributed by atoms with E-state index in [4.69, 9.17) is 13.8 Å². The van der Waals surface area contributed by atoms with Crippen molar-refractivity contribution in [3.05, 3.63) is 29.8 Å². The quantitative estimate of drug-likeness (QED) is 0.178. The van der Waals surface area contributed by atoms with Crippen LogP contribution in [0.2, 0.25) is 0 Å². The molecule has 1 aromatic carbocycles. The summed E-state index contributed by atoms with van der Waals surface area (Å²) in [5.74, 6) is -1.30. The highest BCUT2D eigenvalue weighted by Gasteiger charge is 2.37. The maximum atomic E-state index is 13.1. The molecule has 0 bridgehead atoms. The number of ether oxygens (including phenoxy) is 2. The molecule has 1 saturated carbocycles. The first kappa shape index (κ1) is 28.8. The summed E-state index contributed by atoms with van der Waals surface area (Å²) in [6.07, 6.45) is 2.86. The van der Waals surface area contributed by atoms with Gasteiger partial charge in [-0.3, -0.25) is 13.9 Å². The molecule has 0 saturated heterocycles. The largest absolute Gasteiger partial charge is 0.465 e. The highest BCUT2D eigenvalue weighted by molar-refractivity contribution is 7.86. The fourth-order valence-electron chi connectivity index (χ4n) is 4.32. The predicted molar refractivity (Wildman–Crippen MR) is 133 cm³/mol. The maximum absolute atomic E-state index is 13.1. The molecule has 0 aliphatic heterocycles. The third kappa shape index (κ3) is 8.63. The van der Waals surface area contributed by atoms with Crippen molar-refractivity contribution in [2.75, 3.05) is 6.61 Å². The molecule has 196 valence electrons. The molecular weight excluding hydrogens is 470 g/mol. The number of oxime groups is 1. The molecule has 0 spiro atoms. The monoisotopic (exact) mass is 509 g/mol. The summed E-state index contributed by atoms with van der Waals surface area (Å²) in [5, 5.41) is 3.72. The van der Waals surface area contributed by atoms with Crippen LogP contribution in [0, 0.1) is 30.6 Å². The summed E-state index contributed by atoms with van der Waals surface area (Å²) in [5.41, 5.74) is 1.25. The van der Waals surface area contributed by atoms with Crippen LogP contribution in [0.15, 0.2) is 34.3 Å². The van der Waals surface area contributed by atoms with Crippen molar-refractivity contribution in [3.8, 4) is 0 Å². The number of rotatable bonds is 11. The van der Waals surface area contributed by atoms with E-state index in [0.29, 0.717) is 17.5 Å². The Balaban J connectivity index is 2.06. The second-order valence-electron chi connectivity index (χ2n) is 9.81. The van der Waals surface area contributed by atoms with Crippen molar-refractivity contribution >= 4 is 27.8 Å². The van der Waals surface area contributed by atoms with Gasteiger partial charge in [0, 0.05) is 0 Å². The summed E-state index contributed by atoms with van der Waals surface area (Å²) in [4.78, 5) is 25.6. The molecule has 1 aromatic rings. The van der Waals surface area contributed by atoms with Crippen LogP contribution in [0.3, 0.4) is 0 Å². The molecule has 0 aromatic heterocycles. The Bertz CT molecular complexity index is 985. The van der Waals surface area contributed by atoms with Crippen molar-refractivity contribution in [2.24, 2.45) is 28.8 Å². The first-order chi connectivity index (χ1) is 16.4. The van der Waals surface area contributed by atoms with Gasteiger partial charge in [-0.1, -0.05) is 50.0 Å². The van der Waals surface area contributed by atoms with Crippen LogP contribution in [0.25, 0.3) is 0 Å². The summed E-state index contributed by atoms with van der Waals surface area (Å²) in [6.45, 7) is 11.6. The molecule has 1 aliphatic rings. The molecule has 1 fully saturated rings. The second kappa shape index (κ2) is 13.0. The van der Waals surface area contributed by atoms with E-state index >= 15 is 0 Å². The molecule has 4 atom stereocenters. The molecule has 2 rings (SSSR count). The summed E-state index contributed by atoms with van der Waals surface area (Å²) in [6, 6.07) is 6.22. The van der Waals surface area contributed by atoms with Crippen molar-refractivity contribution in [2.45, 2.75) is 84.6 Å². The lowest BCUT2D eigenvalue weighted by atomic mass is 9.75. The SMILES string of the molecule is CCOC(=O)C(CC/C(C)=N/OS(=O)(=O)c1ccc(C)cc1)C(=O)O[C@@H]1C[C@H](C)CC[C@H]1C(C)C. The van der Waals surface area contributed by atoms with Gasteiger partial charge in [-0.25, -0.2) is 0 Å². The van der Waals surface area contributed by atoms with Gasteiger partial charge in [0.05, 0.1) is 12.3 Å². The van der Waals surface area contributed by atoms with Gasteiger partial charge in [0.25, 0.3) is 0 Å². The molecule has 0 amide bonds. The number of hydrogen-bond acceptors (Lipinski definition) is 8. The molecular formula is C26H39NO7S. The van der Waals surface area contributed by atoms with Crippen molar-refractivity contribution < 1.29 is 31.8 Å². The molecule has 1 unspecified atom stereocenters. The van der Waals surface area contributed by atoms with E-state index in [9.17, 15) is 18.0 Å². The van der Waals surface area contributed by atoms with E-state index in [0.717, 1.165) is 24.8 Å². The van der Waals surface area contributed by atoms with Crippen LogP contribution in [-0.4, -0.2) is 38.8 Å². The Morgan fingerprint density at radius 1 is 1.11 bits per heavy atom. The lowest BCUT2D eigenvalue weighted by Crippen LogP contribution is -2.39. The van der Waals surface area contributed by atoms with Crippen LogP contribution in [0.1, 0.15) is 72.3 Å².